The van der Waals surface area contributed by atoms with E-state index in [1.165, 1.54) is 0 Å². The molecule has 0 radical (unpaired) electrons. The Bertz CT molecular complexity index is 705. The number of nitrogens with one attached hydrogen (secondary N) is 1. The second kappa shape index (κ2) is 8.03. The number of benzene rings is 2. The largest absolute Gasteiger partial charge is 0.497 e. The Balaban J connectivity index is 1.63. The van der Waals surface area contributed by atoms with E-state index < -0.39 is 6.10 Å². The zero-order valence-corrected chi connectivity index (χ0v) is 14.4. The second-order valence-corrected chi connectivity index (χ2v) is 6.31. The summed E-state index contributed by atoms with van der Waals surface area (Å²) in [6.45, 7) is 0.710. The van der Waals surface area contributed by atoms with Gasteiger partial charge in [0.2, 0.25) is 0 Å². The van der Waals surface area contributed by atoms with Gasteiger partial charge in [0.15, 0.2) is 0 Å². The summed E-state index contributed by atoms with van der Waals surface area (Å²) >= 11 is 0. The van der Waals surface area contributed by atoms with E-state index >= 15 is 0 Å². The number of likely N-dealkylation sites (tertiary alicyclic amines) is 1. The van der Waals surface area contributed by atoms with Crippen molar-refractivity contribution < 1.29 is 14.6 Å². The molecule has 2 aromatic carbocycles. The molecule has 1 aliphatic rings. The highest BCUT2D eigenvalue weighted by Crippen LogP contribution is 2.28. The van der Waals surface area contributed by atoms with Crippen LogP contribution in [0.3, 0.4) is 0 Å². The summed E-state index contributed by atoms with van der Waals surface area (Å²) in [5, 5.41) is 13.4. The molecule has 1 aliphatic heterocycles. The van der Waals surface area contributed by atoms with E-state index in [4.69, 9.17) is 4.74 Å². The molecule has 2 aromatic rings. The Kier molecular flexibility index (Phi) is 5.56. The van der Waals surface area contributed by atoms with Crippen molar-refractivity contribution >= 4 is 11.7 Å². The van der Waals surface area contributed by atoms with Gasteiger partial charge in [0.25, 0.3) is 0 Å². The van der Waals surface area contributed by atoms with Crippen LogP contribution in [0, 0.1) is 0 Å². The molecule has 2 amide bonds. The Hall–Kier alpha value is -2.53. The summed E-state index contributed by atoms with van der Waals surface area (Å²) in [7, 11) is 1.60. The third-order valence-electron chi connectivity index (χ3n) is 4.64. The molecule has 1 fully saturated rings. The van der Waals surface area contributed by atoms with Gasteiger partial charge in [-0.05, 0) is 37.0 Å². The number of rotatable bonds is 5. The van der Waals surface area contributed by atoms with E-state index in [9.17, 15) is 9.90 Å². The number of amides is 2. The number of methoxy groups -OCH3 is 1. The van der Waals surface area contributed by atoms with E-state index in [0.29, 0.717) is 24.4 Å². The quantitative estimate of drug-likeness (QED) is 0.870. The first kappa shape index (κ1) is 17.3. The number of aliphatic hydroxyl groups is 1. The molecule has 2 N–H and O–H groups in total. The lowest BCUT2D eigenvalue weighted by Gasteiger charge is -2.27. The Morgan fingerprint density at radius 3 is 2.84 bits per heavy atom. The van der Waals surface area contributed by atoms with Crippen molar-refractivity contribution in [3.63, 3.8) is 0 Å². The fourth-order valence-electron chi connectivity index (χ4n) is 3.31. The maximum atomic E-state index is 12.6. The molecule has 0 unspecified atom stereocenters. The molecule has 132 valence electrons. The van der Waals surface area contributed by atoms with Gasteiger partial charge in [0.1, 0.15) is 5.75 Å². The molecule has 5 nitrogen and oxygen atoms in total. The van der Waals surface area contributed by atoms with Crippen molar-refractivity contribution in [3.8, 4) is 5.75 Å². The van der Waals surface area contributed by atoms with Gasteiger partial charge >= 0.3 is 6.03 Å². The average molecular weight is 340 g/mol. The van der Waals surface area contributed by atoms with E-state index in [-0.39, 0.29) is 12.1 Å². The normalized spacial score (nSPS) is 18.0. The van der Waals surface area contributed by atoms with Crippen LogP contribution in [0.15, 0.2) is 54.6 Å². The van der Waals surface area contributed by atoms with Gasteiger partial charge in [0, 0.05) is 24.3 Å². The minimum Gasteiger partial charge on any atom is -0.497 e. The van der Waals surface area contributed by atoms with Crippen molar-refractivity contribution in [1.82, 2.24) is 4.90 Å². The van der Waals surface area contributed by atoms with Crippen molar-refractivity contribution in [1.29, 1.82) is 0 Å². The molecule has 0 bridgehead atoms. The van der Waals surface area contributed by atoms with Crippen LogP contribution < -0.4 is 10.1 Å². The van der Waals surface area contributed by atoms with Crippen LogP contribution in [0.5, 0.6) is 5.75 Å². The minimum absolute atomic E-state index is 0.0424. The van der Waals surface area contributed by atoms with E-state index in [0.717, 1.165) is 18.4 Å². The first-order valence-corrected chi connectivity index (χ1v) is 8.62. The fraction of sp³-hybridized carbons (Fsp3) is 0.350. The molecule has 0 aliphatic carbocycles. The summed E-state index contributed by atoms with van der Waals surface area (Å²) in [5.74, 6) is 0.704. The molecular weight excluding hydrogens is 316 g/mol. The smallest absolute Gasteiger partial charge is 0.322 e. The summed E-state index contributed by atoms with van der Waals surface area (Å²) in [6.07, 6.45) is 1.86. The van der Waals surface area contributed by atoms with Crippen LogP contribution in [0.1, 0.15) is 30.9 Å². The first-order valence-electron chi connectivity index (χ1n) is 8.62. The maximum Gasteiger partial charge on any atom is 0.322 e. The fourth-order valence-corrected chi connectivity index (χ4v) is 3.31. The van der Waals surface area contributed by atoms with Crippen LogP contribution in [-0.2, 0) is 0 Å². The number of nitrogens with zero attached hydrogens (tertiary/aromatic N) is 1. The molecule has 1 heterocycles. The minimum atomic E-state index is -0.559. The summed E-state index contributed by atoms with van der Waals surface area (Å²) < 4.78 is 5.19. The number of hydrogen-bond acceptors (Lipinski definition) is 3. The zero-order chi connectivity index (χ0) is 17.6. The molecule has 0 spiro atoms. The van der Waals surface area contributed by atoms with E-state index in [1.807, 2.05) is 53.4 Å². The highest BCUT2D eigenvalue weighted by Gasteiger charge is 2.30. The highest BCUT2D eigenvalue weighted by atomic mass is 16.5. The summed E-state index contributed by atoms with van der Waals surface area (Å²) in [4.78, 5) is 14.5. The first-order chi connectivity index (χ1) is 12.2. The van der Waals surface area contributed by atoms with Gasteiger partial charge in [-0.2, -0.15) is 0 Å². The molecule has 1 saturated heterocycles. The lowest BCUT2D eigenvalue weighted by atomic mass is 10.0. The molecule has 3 rings (SSSR count). The third-order valence-corrected chi connectivity index (χ3v) is 4.64. The van der Waals surface area contributed by atoms with E-state index in [1.54, 1.807) is 13.2 Å². The molecule has 0 aromatic heterocycles. The van der Waals surface area contributed by atoms with Crippen LogP contribution >= 0.6 is 0 Å². The second-order valence-electron chi connectivity index (χ2n) is 6.31. The number of urea groups is 1. The van der Waals surface area contributed by atoms with Gasteiger partial charge in [-0.15, -0.1) is 0 Å². The lowest BCUT2D eigenvalue weighted by molar-refractivity contribution is 0.130. The number of anilines is 1. The predicted molar refractivity (Wildman–Crippen MR) is 97.8 cm³/mol. The average Bonchev–Trinajstić information content (AvgIpc) is 3.11. The molecule has 2 atom stereocenters. The number of ether oxygens (including phenoxy) is 1. The standard InChI is InChI=1S/C20H24N2O3/c1-25-18-11-5-9-16(13-18)21-20(24)22-12-6-10-17(22)14-19(23)15-7-3-2-4-8-15/h2-5,7-9,11,13,17,19,23H,6,10,12,14H2,1H3,(H,21,24)/t17-,19+/m0/s1. The molecule has 0 saturated carbocycles. The molecule has 25 heavy (non-hydrogen) atoms. The number of carbonyl (C=O) groups excluding carboxylic acids is 1. The van der Waals surface area contributed by atoms with Gasteiger partial charge in [-0.25, -0.2) is 4.79 Å². The maximum absolute atomic E-state index is 12.6. The van der Waals surface area contributed by atoms with Gasteiger partial charge in [-0.3, -0.25) is 0 Å². The monoisotopic (exact) mass is 340 g/mol. The summed E-state index contributed by atoms with van der Waals surface area (Å²) in [6, 6.07) is 16.8. The Labute approximate surface area is 148 Å². The van der Waals surface area contributed by atoms with Crippen molar-refractivity contribution in [3.05, 3.63) is 60.2 Å². The third kappa shape index (κ3) is 4.31. The lowest BCUT2D eigenvalue weighted by Crippen LogP contribution is -2.39. The van der Waals surface area contributed by atoms with Crippen molar-refractivity contribution in [2.45, 2.75) is 31.4 Å². The van der Waals surface area contributed by atoms with Crippen molar-refractivity contribution in [2.75, 3.05) is 19.0 Å². The SMILES string of the molecule is COc1cccc(NC(=O)N2CCC[C@H]2C[C@@H](O)c2ccccc2)c1. The highest BCUT2D eigenvalue weighted by molar-refractivity contribution is 5.89. The van der Waals surface area contributed by atoms with Crippen LogP contribution in [0.2, 0.25) is 0 Å². The Morgan fingerprint density at radius 2 is 2.08 bits per heavy atom. The van der Waals surface area contributed by atoms with Crippen LogP contribution in [-0.4, -0.2) is 35.7 Å². The topological polar surface area (TPSA) is 61.8 Å². The number of carbonyl (C=O) groups is 1. The van der Waals surface area contributed by atoms with E-state index in [2.05, 4.69) is 5.32 Å². The van der Waals surface area contributed by atoms with Crippen molar-refractivity contribution in [2.24, 2.45) is 0 Å². The number of aliphatic hydroxyl groups excluding tert-OH is 1. The predicted octanol–water partition coefficient (Wildman–Crippen LogP) is 3.82. The molecular formula is C20H24N2O3. The zero-order valence-electron chi connectivity index (χ0n) is 14.4. The van der Waals surface area contributed by atoms with Gasteiger partial charge < -0.3 is 20.1 Å². The summed E-state index contributed by atoms with van der Waals surface area (Å²) in [5.41, 5.74) is 1.60. The Morgan fingerprint density at radius 1 is 1.28 bits per heavy atom. The number of hydrogen-bond donors (Lipinski definition) is 2. The van der Waals surface area contributed by atoms with Crippen LogP contribution in [0.4, 0.5) is 10.5 Å². The van der Waals surface area contributed by atoms with Gasteiger partial charge in [0.05, 0.1) is 13.2 Å². The molecule has 5 heteroatoms. The van der Waals surface area contributed by atoms with Gasteiger partial charge in [-0.1, -0.05) is 36.4 Å². The van der Waals surface area contributed by atoms with Crippen LogP contribution in [0.25, 0.3) is 0 Å².